The molecule has 1 atom stereocenters. The molecule has 1 unspecified atom stereocenters. The van der Waals surface area contributed by atoms with Gasteiger partial charge < -0.3 is 4.90 Å². The highest BCUT2D eigenvalue weighted by atomic mass is 35.5. The van der Waals surface area contributed by atoms with Gasteiger partial charge >= 0.3 is 0 Å². The molecule has 1 aliphatic heterocycles. The van der Waals surface area contributed by atoms with Crippen molar-refractivity contribution in [3.8, 4) is 0 Å². The number of carbonyl (C=O) groups excluding carboxylic acids is 1. The molecule has 0 spiro atoms. The van der Waals surface area contributed by atoms with E-state index in [-0.39, 0.29) is 11.7 Å². The van der Waals surface area contributed by atoms with Gasteiger partial charge in [0.25, 0.3) is 0 Å². The maximum atomic E-state index is 12.6. The molecule has 132 valence electrons. The second kappa shape index (κ2) is 8.64. The molecule has 0 aromatic heterocycles. The summed E-state index contributed by atoms with van der Waals surface area (Å²) in [6.45, 7) is 5.07. The number of nitrogens with zero attached hydrogens (tertiary/aromatic N) is 1. The Hall–Kier alpha value is -1.64. The smallest absolute Gasteiger partial charge is 0.166 e. The highest BCUT2D eigenvalue weighted by molar-refractivity contribution is 6.30. The Balaban J connectivity index is 1.46. The van der Waals surface area contributed by atoms with Gasteiger partial charge in [0.1, 0.15) is 0 Å². The van der Waals surface area contributed by atoms with Crippen LogP contribution < -0.4 is 0 Å². The first-order valence-corrected chi connectivity index (χ1v) is 9.55. The van der Waals surface area contributed by atoms with Crippen LogP contribution >= 0.6 is 11.6 Å². The van der Waals surface area contributed by atoms with E-state index in [1.165, 1.54) is 24.8 Å². The summed E-state index contributed by atoms with van der Waals surface area (Å²) in [4.78, 5) is 15.0. The minimum absolute atomic E-state index is 0.0202. The minimum Gasteiger partial charge on any atom is -0.303 e. The van der Waals surface area contributed by atoms with Crippen LogP contribution in [-0.4, -0.2) is 30.3 Å². The lowest BCUT2D eigenvalue weighted by Gasteiger charge is -2.33. The minimum atomic E-state index is 0.0202. The van der Waals surface area contributed by atoms with E-state index in [4.69, 9.17) is 11.6 Å². The van der Waals surface area contributed by atoms with Crippen LogP contribution in [0.25, 0.3) is 0 Å². The molecule has 1 aliphatic rings. The summed E-state index contributed by atoms with van der Waals surface area (Å²) < 4.78 is 0. The van der Waals surface area contributed by atoms with Crippen LogP contribution in [0, 0.1) is 11.8 Å². The van der Waals surface area contributed by atoms with Crippen LogP contribution in [0.3, 0.4) is 0 Å². The second-order valence-electron chi connectivity index (χ2n) is 7.21. The van der Waals surface area contributed by atoms with Crippen molar-refractivity contribution in [2.24, 2.45) is 11.8 Å². The summed E-state index contributed by atoms with van der Waals surface area (Å²) in [6.07, 6.45) is 3.61. The summed E-state index contributed by atoms with van der Waals surface area (Å²) in [5, 5.41) is 0.671. The van der Waals surface area contributed by atoms with Crippen molar-refractivity contribution in [3.05, 3.63) is 70.7 Å². The molecule has 0 N–H and O–H groups in total. The summed E-state index contributed by atoms with van der Waals surface area (Å²) >= 11 is 5.90. The molecule has 1 saturated heterocycles. The van der Waals surface area contributed by atoms with Crippen molar-refractivity contribution in [1.82, 2.24) is 4.90 Å². The van der Waals surface area contributed by atoms with Crippen molar-refractivity contribution >= 4 is 17.4 Å². The Labute approximate surface area is 155 Å². The molecule has 25 heavy (non-hydrogen) atoms. The zero-order valence-corrected chi connectivity index (χ0v) is 15.6. The number of Topliss-reactive ketones (excluding diaryl/α,β-unsaturated/α-hetero) is 1. The van der Waals surface area contributed by atoms with Crippen LogP contribution in [0.15, 0.2) is 54.6 Å². The second-order valence-corrected chi connectivity index (χ2v) is 7.64. The molecule has 0 amide bonds. The van der Waals surface area contributed by atoms with Gasteiger partial charge in [0.15, 0.2) is 5.78 Å². The first-order chi connectivity index (χ1) is 12.1. The largest absolute Gasteiger partial charge is 0.303 e. The predicted molar refractivity (Wildman–Crippen MR) is 104 cm³/mol. The van der Waals surface area contributed by atoms with E-state index < -0.39 is 0 Å². The molecule has 1 heterocycles. The van der Waals surface area contributed by atoms with E-state index in [0.29, 0.717) is 5.02 Å². The van der Waals surface area contributed by atoms with E-state index in [1.54, 1.807) is 12.1 Å². The fourth-order valence-electron chi connectivity index (χ4n) is 3.69. The van der Waals surface area contributed by atoms with Gasteiger partial charge in [-0.3, -0.25) is 4.79 Å². The zero-order chi connectivity index (χ0) is 17.6. The van der Waals surface area contributed by atoms with Crippen molar-refractivity contribution in [3.63, 3.8) is 0 Å². The van der Waals surface area contributed by atoms with E-state index in [2.05, 4.69) is 35.2 Å². The predicted octanol–water partition coefficient (Wildman–Crippen LogP) is 5.11. The van der Waals surface area contributed by atoms with Crippen molar-refractivity contribution < 1.29 is 4.79 Å². The molecule has 1 fully saturated rings. The van der Waals surface area contributed by atoms with E-state index in [1.807, 2.05) is 19.1 Å². The maximum Gasteiger partial charge on any atom is 0.166 e. The summed E-state index contributed by atoms with van der Waals surface area (Å²) in [5.41, 5.74) is 2.20. The first-order valence-electron chi connectivity index (χ1n) is 9.18. The lowest BCUT2D eigenvalue weighted by atomic mass is 9.89. The molecule has 0 radical (unpaired) electrons. The van der Waals surface area contributed by atoms with Gasteiger partial charge in [-0.15, -0.1) is 0 Å². The Morgan fingerprint density at radius 1 is 1.08 bits per heavy atom. The third kappa shape index (κ3) is 5.17. The Bertz CT molecular complexity index is 675. The third-order valence-corrected chi connectivity index (χ3v) is 5.43. The van der Waals surface area contributed by atoms with Crippen LogP contribution in [0.2, 0.25) is 5.02 Å². The SMILES string of the molecule is CC(CN1CCC(Cc2ccccc2)CC1)C(=O)c1ccc(Cl)cc1. The number of carbonyl (C=O) groups is 1. The molecule has 3 heteroatoms. The van der Waals surface area contributed by atoms with E-state index in [9.17, 15) is 4.79 Å². The molecular formula is C22H26ClNO. The summed E-state index contributed by atoms with van der Waals surface area (Å²) in [5.74, 6) is 0.996. The summed E-state index contributed by atoms with van der Waals surface area (Å²) in [6, 6.07) is 18.0. The topological polar surface area (TPSA) is 20.3 Å². The quantitative estimate of drug-likeness (QED) is 0.671. The Morgan fingerprint density at radius 3 is 2.36 bits per heavy atom. The average molecular weight is 356 g/mol. The lowest BCUT2D eigenvalue weighted by Crippen LogP contribution is -2.38. The molecule has 0 bridgehead atoms. The van der Waals surface area contributed by atoms with Crippen LogP contribution in [0.1, 0.15) is 35.7 Å². The number of likely N-dealkylation sites (tertiary alicyclic amines) is 1. The van der Waals surface area contributed by atoms with Crippen LogP contribution in [0.5, 0.6) is 0 Å². The number of benzene rings is 2. The van der Waals surface area contributed by atoms with Gasteiger partial charge in [0.05, 0.1) is 0 Å². The van der Waals surface area contributed by atoms with E-state index >= 15 is 0 Å². The molecule has 0 saturated carbocycles. The molecule has 2 aromatic carbocycles. The van der Waals surface area contributed by atoms with Crippen molar-refractivity contribution in [1.29, 1.82) is 0 Å². The number of ketones is 1. The number of hydrogen-bond donors (Lipinski definition) is 0. The Kier molecular flexibility index (Phi) is 6.28. The highest BCUT2D eigenvalue weighted by Gasteiger charge is 2.23. The fourth-order valence-corrected chi connectivity index (χ4v) is 3.82. The third-order valence-electron chi connectivity index (χ3n) is 5.18. The maximum absolute atomic E-state index is 12.6. The van der Waals surface area contributed by atoms with Crippen LogP contribution in [0.4, 0.5) is 0 Å². The normalized spacial score (nSPS) is 17.4. The summed E-state index contributed by atoms with van der Waals surface area (Å²) in [7, 11) is 0. The molecule has 0 aliphatic carbocycles. The van der Waals surface area contributed by atoms with E-state index in [0.717, 1.165) is 31.1 Å². The molecule has 2 nitrogen and oxygen atoms in total. The van der Waals surface area contributed by atoms with Crippen molar-refractivity contribution in [2.75, 3.05) is 19.6 Å². The van der Waals surface area contributed by atoms with Crippen molar-refractivity contribution in [2.45, 2.75) is 26.2 Å². The van der Waals surface area contributed by atoms with Gasteiger partial charge in [-0.2, -0.15) is 0 Å². The molecular weight excluding hydrogens is 330 g/mol. The number of halogens is 1. The zero-order valence-electron chi connectivity index (χ0n) is 14.8. The monoisotopic (exact) mass is 355 g/mol. The van der Waals surface area contributed by atoms with Gasteiger partial charge in [-0.25, -0.2) is 0 Å². The number of rotatable bonds is 6. The number of piperidine rings is 1. The van der Waals surface area contributed by atoms with Gasteiger partial charge in [-0.05, 0) is 68.1 Å². The van der Waals surface area contributed by atoms with Gasteiger partial charge in [0, 0.05) is 23.0 Å². The number of hydrogen-bond acceptors (Lipinski definition) is 2. The highest BCUT2D eigenvalue weighted by Crippen LogP contribution is 2.23. The fraction of sp³-hybridized carbons (Fsp3) is 0.409. The lowest BCUT2D eigenvalue weighted by molar-refractivity contribution is 0.0869. The first kappa shape index (κ1) is 18.2. The van der Waals surface area contributed by atoms with Gasteiger partial charge in [-0.1, -0.05) is 48.9 Å². The average Bonchev–Trinajstić information content (AvgIpc) is 2.64. The van der Waals surface area contributed by atoms with Gasteiger partial charge in [0.2, 0.25) is 0 Å². The molecule has 3 rings (SSSR count). The molecule has 2 aromatic rings. The standard InChI is InChI=1S/C22H26ClNO/c1-17(22(25)20-7-9-21(23)10-8-20)16-24-13-11-19(12-14-24)15-18-5-3-2-4-6-18/h2-10,17,19H,11-16H2,1H3. The Morgan fingerprint density at radius 2 is 1.72 bits per heavy atom. The van der Waals surface area contributed by atoms with Crippen LogP contribution in [-0.2, 0) is 6.42 Å².